The van der Waals surface area contributed by atoms with Gasteiger partial charge in [0.25, 0.3) is 5.91 Å². The number of likely N-dealkylation sites (N-methyl/N-ethyl adjacent to an activating group) is 1. The Morgan fingerprint density at radius 3 is 2.73 bits per heavy atom. The first-order valence-electron chi connectivity index (χ1n) is 7.31. The van der Waals surface area contributed by atoms with Crippen LogP contribution in [0.2, 0.25) is 0 Å². The van der Waals surface area contributed by atoms with Gasteiger partial charge in [0, 0.05) is 28.1 Å². The number of carbonyl (C=O) groups excluding carboxylic acids is 1. The van der Waals surface area contributed by atoms with Gasteiger partial charge in [-0.05, 0) is 53.9 Å². The molecule has 0 aliphatic heterocycles. The fourth-order valence-electron chi connectivity index (χ4n) is 2.23. The lowest BCUT2D eigenvalue weighted by molar-refractivity contribution is 0.0944. The third kappa shape index (κ3) is 4.13. The van der Waals surface area contributed by atoms with Crippen LogP contribution in [-0.4, -0.2) is 42.0 Å². The number of hydrogen-bond acceptors (Lipinski definition) is 3. The minimum absolute atomic E-state index is 0.116. The van der Waals surface area contributed by atoms with Crippen LogP contribution in [0.1, 0.15) is 24.3 Å². The van der Waals surface area contributed by atoms with E-state index < -0.39 is 5.82 Å². The van der Waals surface area contributed by atoms with E-state index in [9.17, 15) is 9.18 Å². The standard InChI is InChI=1S/C16H19FIN3O/c1-3-21(4-2)8-7-19-16(22)15-10-13(17)12-9-11(18)5-6-14(12)20-15/h5-6,9-10H,3-4,7-8H2,1-2H3,(H,19,22)/i18-2. The van der Waals surface area contributed by atoms with Crippen molar-refractivity contribution in [2.75, 3.05) is 26.2 Å². The van der Waals surface area contributed by atoms with Gasteiger partial charge in [0.15, 0.2) is 0 Å². The van der Waals surface area contributed by atoms with Crippen molar-refractivity contribution in [1.82, 2.24) is 15.2 Å². The van der Waals surface area contributed by atoms with Gasteiger partial charge in [-0.25, -0.2) is 9.37 Å². The Morgan fingerprint density at radius 1 is 1.32 bits per heavy atom. The fraction of sp³-hybridized carbons (Fsp3) is 0.375. The van der Waals surface area contributed by atoms with Gasteiger partial charge in [-0.2, -0.15) is 0 Å². The van der Waals surface area contributed by atoms with E-state index in [1.807, 2.05) is 6.07 Å². The molecule has 0 saturated heterocycles. The van der Waals surface area contributed by atoms with Crippen LogP contribution >= 0.6 is 22.6 Å². The maximum Gasteiger partial charge on any atom is 0.270 e. The van der Waals surface area contributed by atoms with E-state index in [2.05, 4.69) is 51.6 Å². The quantitative estimate of drug-likeness (QED) is 0.741. The number of pyridine rings is 1. The molecule has 1 aromatic carbocycles. The Morgan fingerprint density at radius 2 is 2.05 bits per heavy atom. The number of fused-ring (bicyclic) bond motifs is 1. The van der Waals surface area contributed by atoms with Crippen molar-refractivity contribution < 1.29 is 9.18 Å². The van der Waals surface area contributed by atoms with Crippen LogP contribution in [0.4, 0.5) is 4.39 Å². The first-order valence-corrected chi connectivity index (χ1v) is 8.39. The summed E-state index contributed by atoms with van der Waals surface area (Å²) in [6, 6.07) is 6.50. The summed E-state index contributed by atoms with van der Waals surface area (Å²) in [5, 5.41) is 3.23. The fourth-order valence-corrected chi connectivity index (χ4v) is 2.72. The van der Waals surface area contributed by atoms with E-state index in [1.165, 1.54) is 6.07 Å². The molecular formula is C16H19FIN3O. The van der Waals surface area contributed by atoms with Gasteiger partial charge < -0.3 is 10.2 Å². The van der Waals surface area contributed by atoms with E-state index in [1.54, 1.807) is 12.1 Å². The van der Waals surface area contributed by atoms with Crippen molar-refractivity contribution >= 4 is 39.4 Å². The molecular weight excluding hydrogens is 394 g/mol. The van der Waals surface area contributed by atoms with Crippen LogP contribution in [0.3, 0.4) is 0 Å². The molecule has 0 saturated carbocycles. The maximum absolute atomic E-state index is 14.1. The number of carbonyl (C=O) groups is 1. The zero-order valence-corrected chi connectivity index (χ0v) is 14.9. The molecule has 1 aromatic heterocycles. The topological polar surface area (TPSA) is 45.2 Å². The summed E-state index contributed by atoms with van der Waals surface area (Å²) in [4.78, 5) is 18.6. The third-order valence-electron chi connectivity index (χ3n) is 3.56. The summed E-state index contributed by atoms with van der Waals surface area (Å²) in [5.74, 6) is -0.760. The summed E-state index contributed by atoms with van der Waals surface area (Å²) < 4.78 is 15.0. The largest absolute Gasteiger partial charge is 0.349 e. The molecule has 118 valence electrons. The highest BCUT2D eigenvalue weighted by molar-refractivity contribution is 14.1. The van der Waals surface area contributed by atoms with Crippen molar-refractivity contribution in [3.05, 3.63) is 39.3 Å². The Hall–Kier alpha value is -1.28. The maximum atomic E-state index is 14.1. The van der Waals surface area contributed by atoms with Crippen LogP contribution in [0.15, 0.2) is 24.3 Å². The molecule has 0 fully saturated rings. The Kier molecular flexibility index (Phi) is 6.07. The van der Waals surface area contributed by atoms with Crippen LogP contribution in [0.5, 0.6) is 0 Å². The average Bonchev–Trinajstić information content (AvgIpc) is 2.52. The molecule has 22 heavy (non-hydrogen) atoms. The molecule has 0 aliphatic rings. The van der Waals surface area contributed by atoms with E-state index >= 15 is 0 Å². The van der Waals surface area contributed by atoms with Crippen molar-refractivity contribution in [3.8, 4) is 0 Å². The van der Waals surface area contributed by atoms with Crippen LogP contribution < -0.4 is 5.32 Å². The monoisotopic (exact) mass is 413 g/mol. The molecule has 0 radical (unpaired) electrons. The predicted molar refractivity (Wildman–Crippen MR) is 94.5 cm³/mol. The van der Waals surface area contributed by atoms with Crippen LogP contribution in [0, 0.1) is 9.39 Å². The lowest BCUT2D eigenvalue weighted by atomic mass is 10.2. The number of hydrogen-bond donors (Lipinski definition) is 1. The second kappa shape index (κ2) is 7.82. The Labute approximate surface area is 143 Å². The summed E-state index contributed by atoms with van der Waals surface area (Å²) in [6.45, 7) is 7.32. The van der Waals surface area contributed by atoms with Gasteiger partial charge in [0.05, 0.1) is 5.52 Å². The predicted octanol–water partition coefficient (Wildman–Crippen LogP) is 3.05. The molecule has 1 amide bonds. The molecule has 2 aromatic rings. The molecule has 4 nitrogen and oxygen atoms in total. The number of benzene rings is 1. The Bertz CT molecular complexity index is 674. The van der Waals surface area contributed by atoms with Crippen LogP contribution in [-0.2, 0) is 0 Å². The highest BCUT2D eigenvalue weighted by Crippen LogP contribution is 2.19. The molecule has 0 atom stereocenters. The summed E-state index contributed by atoms with van der Waals surface area (Å²) >= 11 is 2.12. The molecule has 0 unspecified atom stereocenters. The molecule has 1 heterocycles. The van der Waals surface area contributed by atoms with E-state index in [0.29, 0.717) is 17.4 Å². The van der Waals surface area contributed by atoms with Gasteiger partial charge in [0.2, 0.25) is 0 Å². The van der Waals surface area contributed by atoms with Gasteiger partial charge >= 0.3 is 0 Å². The van der Waals surface area contributed by atoms with E-state index in [-0.39, 0.29) is 11.6 Å². The zero-order valence-electron chi connectivity index (χ0n) is 12.7. The van der Waals surface area contributed by atoms with Gasteiger partial charge in [-0.3, -0.25) is 4.79 Å². The lowest BCUT2D eigenvalue weighted by Gasteiger charge is -2.17. The minimum atomic E-state index is -0.419. The minimum Gasteiger partial charge on any atom is -0.349 e. The van der Waals surface area contributed by atoms with Crippen LogP contribution in [0.25, 0.3) is 10.9 Å². The highest BCUT2D eigenvalue weighted by Gasteiger charge is 2.12. The number of aromatic nitrogens is 1. The smallest absolute Gasteiger partial charge is 0.270 e. The second-order valence-electron chi connectivity index (χ2n) is 4.93. The van der Waals surface area contributed by atoms with Gasteiger partial charge in [0.1, 0.15) is 11.5 Å². The molecule has 0 bridgehead atoms. The number of halogens is 2. The van der Waals surface area contributed by atoms with E-state index in [0.717, 1.165) is 23.2 Å². The zero-order chi connectivity index (χ0) is 16.1. The Balaban J connectivity index is 2.10. The van der Waals surface area contributed by atoms with Crippen molar-refractivity contribution in [1.29, 1.82) is 0 Å². The molecule has 2 rings (SSSR count). The first kappa shape index (κ1) is 17.1. The van der Waals surface area contributed by atoms with Gasteiger partial charge in [-0.1, -0.05) is 13.8 Å². The SMILES string of the molecule is CCN(CC)CCNC(=O)c1cc(F)c2cc([125I])ccc2n1. The summed E-state index contributed by atoms with van der Waals surface area (Å²) in [7, 11) is 0. The van der Waals surface area contributed by atoms with Gasteiger partial charge in [-0.15, -0.1) is 0 Å². The second-order valence-corrected chi connectivity index (χ2v) is 6.18. The summed E-state index contributed by atoms with van der Waals surface area (Å²) in [5.41, 5.74) is 0.611. The van der Waals surface area contributed by atoms with Crippen molar-refractivity contribution in [3.63, 3.8) is 0 Å². The third-order valence-corrected chi connectivity index (χ3v) is 4.23. The lowest BCUT2D eigenvalue weighted by Crippen LogP contribution is -2.35. The number of nitrogens with zero attached hydrogens (tertiary/aromatic N) is 2. The molecule has 0 spiro atoms. The summed E-state index contributed by atoms with van der Waals surface area (Å²) in [6.07, 6.45) is 0. The molecule has 1 N–H and O–H groups in total. The van der Waals surface area contributed by atoms with E-state index in [4.69, 9.17) is 0 Å². The number of nitrogens with one attached hydrogen (secondary N) is 1. The molecule has 6 heteroatoms. The normalized spacial score (nSPS) is 11.1. The molecule has 0 aliphatic carbocycles. The highest BCUT2D eigenvalue weighted by atomic mass is 125. The van der Waals surface area contributed by atoms with Crippen molar-refractivity contribution in [2.24, 2.45) is 0 Å². The number of rotatable bonds is 6. The van der Waals surface area contributed by atoms with Crippen molar-refractivity contribution in [2.45, 2.75) is 13.8 Å². The first-order chi connectivity index (χ1) is 10.5. The average molecular weight is 413 g/mol. The number of amides is 1.